The van der Waals surface area contributed by atoms with Gasteiger partial charge in [-0.3, -0.25) is 4.79 Å². The summed E-state index contributed by atoms with van der Waals surface area (Å²) in [5.41, 5.74) is 0.738. The number of hydrogen-bond donors (Lipinski definition) is 0. The van der Waals surface area contributed by atoms with Crippen LogP contribution in [0.2, 0.25) is 0 Å². The highest BCUT2D eigenvalue weighted by atomic mass is 32.2. The Kier molecular flexibility index (Phi) is 4.84. The summed E-state index contributed by atoms with van der Waals surface area (Å²) in [7, 11) is 0. The van der Waals surface area contributed by atoms with Gasteiger partial charge in [-0.25, -0.2) is 0 Å². The Labute approximate surface area is 115 Å². The van der Waals surface area contributed by atoms with Gasteiger partial charge in [0.25, 0.3) is 0 Å². The lowest BCUT2D eigenvalue weighted by molar-refractivity contribution is 0.102. The molecule has 0 unspecified atom stereocenters. The van der Waals surface area contributed by atoms with E-state index in [4.69, 9.17) is 4.74 Å². The molecule has 18 heavy (non-hydrogen) atoms. The number of hydrogen-bond acceptors (Lipinski definition) is 4. The first-order valence-corrected chi connectivity index (χ1v) is 7.58. The van der Waals surface area contributed by atoms with E-state index in [1.165, 1.54) is 4.21 Å². The molecule has 0 aliphatic heterocycles. The van der Waals surface area contributed by atoms with E-state index in [1.807, 2.05) is 48.7 Å². The maximum Gasteiger partial charge on any atom is 0.173 e. The quantitative estimate of drug-likeness (QED) is 0.587. The van der Waals surface area contributed by atoms with Gasteiger partial charge in [0.1, 0.15) is 5.75 Å². The minimum absolute atomic E-state index is 0.149. The van der Waals surface area contributed by atoms with Gasteiger partial charge in [0.05, 0.1) is 16.6 Å². The summed E-state index contributed by atoms with van der Waals surface area (Å²) in [6, 6.07) is 11.3. The van der Waals surface area contributed by atoms with Gasteiger partial charge in [0, 0.05) is 5.56 Å². The Hall–Kier alpha value is -1.26. The fourth-order valence-electron chi connectivity index (χ4n) is 1.47. The zero-order valence-electron chi connectivity index (χ0n) is 10.1. The Morgan fingerprint density at radius 2 is 2.06 bits per heavy atom. The van der Waals surface area contributed by atoms with Gasteiger partial charge in [0.2, 0.25) is 0 Å². The molecule has 0 N–H and O–H groups in total. The molecule has 0 radical (unpaired) electrons. The van der Waals surface area contributed by atoms with Crippen molar-refractivity contribution in [3.63, 3.8) is 0 Å². The molecule has 0 atom stereocenters. The first kappa shape index (κ1) is 13.2. The summed E-state index contributed by atoms with van der Waals surface area (Å²) >= 11 is 3.24. The number of ketones is 1. The fourth-order valence-corrected chi connectivity index (χ4v) is 3.15. The second-order valence-electron chi connectivity index (χ2n) is 3.60. The molecular formula is C14H14O2S2. The average Bonchev–Trinajstić information content (AvgIpc) is 2.90. The van der Waals surface area contributed by atoms with Crippen molar-refractivity contribution in [2.75, 3.05) is 12.4 Å². The predicted octanol–water partition coefficient (Wildman–Crippen LogP) is 4.12. The zero-order valence-corrected chi connectivity index (χ0v) is 11.7. The topological polar surface area (TPSA) is 26.3 Å². The summed E-state index contributed by atoms with van der Waals surface area (Å²) in [6.45, 7) is 2.58. The summed E-state index contributed by atoms with van der Waals surface area (Å²) in [5.74, 6) is 1.44. The zero-order chi connectivity index (χ0) is 12.8. The molecule has 0 amide bonds. The first-order chi connectivity index (χ1) is 8.79. The van der Waals surface area contributed by atoms with Gasteiger partial charge >= 0.3 is 0 Å². The van der Waals surface area contributed by atoms with Crippen molar-refractivity contribution in [1.82, 2.24) is 0 Å². The number of benzene rings is 1. The van der Waals surface area contributed by atoms with Crippen molar-refractivity contribution in [1.29, 1.82) is 0 Å². The van der Waals surface area contributed by atoms with Crippen LogP contribution in [0.25, 0.3) is 0 Å². The molecule has 0 spiro atoms. The Morgan fingerprint density at radius 1 is 1.28 bits per heavy atom. The van der Waals surface area contributed by atoms with E-state index >= 15 is 0 Å². The lowest BCUT2D eigenvalue weighted by Crippen LogP contribution is -2.02. The number of ether oxygens (including phenoxy) is 1. The van der Waals surface area contributed by atoms with E-state index < -0.39 is 0 Å². The number of thioether (sulfide) groups is 1. The van der Waals surface area contributed by atoms with Crippen molar-refractivity contribution in [3.05, 3.63) is 47.3 Å². The van der Waals surface area contributed by atoms with Gasteiger partial charge in [-0.2, -0.15) is 0 Å². The van der Waals surface area contributed by atoms with Gasteiger partial charge in [-0.05, 0) is 42.6 Å². The van der Waals surface area contributed by atoms with Crippen LogP contribution in [-0.2, 0) is 0 Å². The van der Waals surface area contributed by atoms with Crippen LogP contribution < -0.4 is 4.74 Å². The molecule has 0 aliphatic carbocycles. The molecular weight excluding hydrogens is 264 g/mol. The highest BCUT2D eigenvalue weighted by Crippen LogP contribution is 2.24. The molecule has 0 saturated carbocycles. The predicted molar refractivity (Wildman–Crippen MR) is 77.0 cm³/mol. The maximum atomic E-state index is 12.0. The molecule has 4 heteroatoms. The van der Waals surface area contributed by atoms with Crippen molar-refractivity contribution in [2.45, 2.75) is 11.1 Å². The second-order valence-corrected chi connectivity index (χ2v) is 5.82. The first-order valence-electron chi connectivity index (χ1n) is 5.72. The SMILES string of the molecule is CCOc1ccc(C(=O)CSc2cccs2)cc1. The average molecular weight is 278 g/mol. The van der Waals surface area contributed by atoms with Crippen LogP contribution in [0.4, 0.5) is 0 Å². The minimum atomic E-state index is 0.149. The third-order valence-electron chi connectivity index (χ3n) is 2.33. The smallest absolute Gasteiger partial charge is 0.173 e. The van der Waals surface area contributed by atoms with Crippen LogP contribution in [-0.4, -0.2) is 18.1 Å². The molecule has 0 saturated heterocycles. The largest absolute Gasteiger partial charge is 0.494 e. The van der Waals surface area contributed by atoms with Gasteiger partial charge in [-0.15, -0.1) is 23.1 Å². The van der Waals surface area contributed by atoms with Gasteiger partial charge < -0.3 is 4.74 Å². The molecule has 1 aromatic carbocycles. The van der Waals surface area contributed by atoms with E-state index in [1.54, 1.807) is 23.1 Å². The van der Waals surface area contributed by atoms with Crippen molar-refractivity contribution in [3.8, 4) is 5.75 Å². The molecule has 0 bridgehead atoms. The van der Waals surface area contributed by atoms with E-state index in [0.717, 1.165) is 11.3 Å². The van der Waals surface area contributed by atoms with Crippen LogP contribution in [0.1, 0.15) is 17.3 Å². The third kappa shape index (κ3) is 3.62. The molecule has 0 aliphatic rings. The van der Waals surface area contributed by atoms with Crippen molar-refractivity contribution in [2.24, 2.45) is 0 Å². The highest BCUT2D eigenvalue weighted by Gasteiger charge is 2.07. The highest BCUT2D eigenvalue weighted by molar-refractivity contribution is 8.01. The van der Waals surface area contributed by atoms with Crippen LogP contribution in [0, 0.1) is 0 Å². The van der Waals surface area contributed by atoms with Crippen LogP contribution in [0.3, 0.4) is 0 Å². The van der Waals surface area contributed by atoms with Gasteiger partial charge in [-0.1, -0.05) is 6.07 Å². The number of rotatable bonds is 6. The van der Waals surface area contributed by atoms with Crippen LogP contribution in [0.5, 0.6) is 5.75 Å². The normalized spacial score (nSPS) is 10.3. The molecule has 1 aromatic heterocycles. The van der Waals surface area contributed by atoms with Crippen LogP contribution >= 0.6 is 23.1 Å². The van der Waals surface area contributed by atoms with Crippen molar-refractivity contribution < 1.29 is 9.53 Å². The van der Waals surface area contributed by atoms with E-state index in [0.29, 0.717) is 12.4 Å². The van der Waals surface area contributed by atoms with Crippen LogP contribution in [0.15, 0.2) is 46.0 Å². The summed E-state index contributed by atoms with van der Waals surface area (Å²) in [5, 5.41) is 2.02. The van der Waals surface area contributed by atoms with E-state index in [2.05, 4.69) is 0 Å². The van der Waals surface area contributed by atoms with Crippen molar-refractivity contribution >= 4 is 28.9 Å². The number of Topliss-reactive ketones (excluding diaryl/α,β-unsaturated/α-hetero) is 1. The van der Waals surface area contributed by atoms with E-state index in [-0.39, 0.29) is 5.78 Å². The standard InChI is InChI=1S/C14H14O2S2/c1-2-16-12-7-5-11(6-8-12)13(15)10-18-14-4-3-9-17-14/h3-9H,2,10H2,1H3. The Bertz CT molecular complexity index is 489. The molecule has 2 rings (SSSR count). The lowest BCUT2D eigenvalue weighted by atomic mass is 10.1. The third-order valence-corrected chi connectivity index (χ3v) is 4.46. The summed E-state index contributed by atoms with van der Waals surface area (Å²) in [6.07, 6.45) is 0. The Balaban J connectivity index is 1.92. The summed E-state index contributed by atoms with van der Waals surface area (Å²) in [4.78, 5) is 12.0. The molecule has 2 nitrogen and oxygen atoms in total. The monoisotopic (exact) mass is 278 g/mol. The maximum absolute atomic E-state index is 12.0. The number of carbonyl (C=O) groups excluding carboxylic acids is 1. The molecule has 2 aromatic rings. The van der Waals surface area contributed by atoms with E-state index in [9.17, 15) is 4.79 Å². The molecule has 94 valence electrons. The fraction of sp³-hybridized carbons (Fsp3) is 0.214. The molecule has 0 fully saturated rings. The number of thiophene rings is 1. The second kappa shape index (κ2) is 6.61. The number of carbonyl (C=O) groups is 1. The minimum Gasteiger partial charge on any atom is -0.494 e. The Morgan fingerprint density at radius 3 is 2.67 bits per heavy atom. The lowest BCUT2D eigenvalue weighted by Gasteiger charge is -2.04. The van der Waals surface area contributed by atoms with Gasteiger partial charge in [0.15, 0.2) is 5.78 Å². The molecule has 1 heterocycles. The summed E-state index contributed by atoms with van der Waals surface area (Å²) < 4.78 is 6.52.